The van der Waals surface area contributed by atoms with Gasteiger partial charge in [-0.25, -0.2) is 26.9 Å². The van der Waals surface area contributed by atoms with Crippen molar-refractivity contribution in [3.8, 4) is 11.5 Å². The maximum absolute atomic E-state index is 15.2. The summed E-state index contributed by atoms with van der Waals surface area (Å²) in [6, 6.07) is 3.85. The van der Waals surface area contributed by atoms with Crippen molar-refractivity contribution in [2.75, 3.05) is 11.5 Å². The first kappa shape index (κ1) is 33.2. The van der Waals surface area contributed by atoms with Crippen LogP contribution in [0.25, 0.3) is 0 Å². The van der Waals surface area contributed by atoms with Gasteiger partial charge in [0.05, 0.1) is 18.4 Å². The number of carbonyl (C=O) groups excluding carboxylic acids is 4. The van der Waals surface area contributed by atoms with Gasteiger partial charge in [0.15, 0.2) is 44.5 Å². The number of anilines is 1. The summed E-state index contributed by atoms with van der Waals surface area (Å²) in [6.07, 6.45) is 1.01. The number of benzene rings is 2. The lowest BCUT2D eigenvalue weighted by atomic mass is 9.56. The molecule has 2 aliphatic heterocycles. The van der Waals surface area contributed by atoms with Crippen molar-refractivity contribution in [3.63, 3.8) is 0 Å². The molecule has 0 unspecified atom stereocenters. The van der Waals surface area contributed by atoms with Crippen LogP contribution in [0.2, 0.25) is 0 Å². The normalized spacial score (nSPS) is 30.4. The number of carbonyl (C=O) groups is 4. The van der Waals surface area contributed by atoms with Gasteiger partial charge in [0, 0.05) is 11.5 Å². The van der Waals surface area contributed by atoms with Crippen LogP contribution in [0.3, 0.4) is 0 Å². The van der Waals surface area contributed by atoms with Crippen LogP contribution in [0.5, 0.6) is 11.5 Å². The molecule has 4 aliphatic rings. The molecule has 4 amide bonds. The molecule has 0 radical (unpaired) electrons. The van der Waals surface area contributed by atoms with Gasteiger partial charge in [0.2, 0.25) is 17.6 Å². The second-order valence-corrected chi connectivity index (χ2v) is 14.3. The zero-order valence-electron chi connectivity index (χ0n) is 25.3. The van der Waals surface area contributed by atoms with Crippen molar-refractivity contribution in [2.45, 2.75) is 61.7 Å². The van der Waals surface area contributed by atoms with Gasteiger partial charge in [-0.15, -0.1) is 23.2 Å². The Kier molecular flexibility index (Phi) is 7.52. The number of phenolic OH excluding ortho intramolecular Hbond substituents is 1. The van der Waals surface area contributed by atoms with Gasteiger partial charge in [0.25, 0.3) is 11.8 Å². The number of rotatable bonds is 4. The molecule has 2 aromatic rings. The first-order chi connectivity index (χ1) is 21.8. The fourth-order valence-corrected chi connectivity index (χ4v) is 8.52. The largest absolute Gasteiger partial charge is 0.504 e. The van der Waals surface area contributed by atoms with Gasteiger partial charge in [-0.1, -0.05) is 17.7 Å². The molecule has 1 saturated carbocycles. The fourth-order valence-electron chi connectivity index (χ4n) is 7.58. The highest BCUT2D eigenvalue weighted by atomic mass is 35.5. The van der Waals surface area contributed by atoms with E-state index < -0.39 is 104 Å². The molecular weight excluding hydrogens is 674 g/mol. The average molecular weight is 701 g/mol. The summed E-state index contributed by atoms with van der Waals surface area (Å²) in [5.41, 5.74) is -2.38. The molecule has 1 N–H and O–H groups in total. The third-order valence-corrected chi connectivity index (χ3v) is 10.9. The first-order valence-electron chi connectivity index (χ1n) is 14.7. The van der Waals surface area contributed by atoms with Crippen LogP contribution in [0.4, 0.5) is 27.6 Å². The van der Waals surface area contributed by atoms with E-state index >= 15 is 8.78 Å². The summed E-state index contributed by atoms with van der Waals surface area (Å²) in [5, 5.41) is 10.4. The molecule has 2 saturated heterocycles. The number of likely N-dealkylation sites (tertiary alicyclic amines) is 1. The second-order valence-electron chi connectivity index (χ2n) is 13.0. The molecule has 2 aromatic carbocycles. The van der Waals surface area contributed by atoms with E-state index in [0.717, 1.165) is 4.90 Å². The summed E-state index contributed by atoms with van der Waals surface area (Å²) >= 11 is 14.2. The van der Waals surface area contributed by atoms with Crippen LogP contribution in [-0.2, 0) is 19.2 Å². The van der Waals surface area contributed by atoms with Crippen molar-refractivity contribution in [1.82, 2.24) is 4.90 Å². The molecule has 250 valence electrons. The highest BCUT2D eigenvalue weighted by Gasteiger charge is 2.77. The van der Waals surface area contributed by atoms with Crippen molar-refractivity contribution < 1.29 is 51.0 Å². The van der Waals surface area contributed by atoms with Crippen LogP contribution >= 0.6 is 23.2 Å². The van der Waals surface area contributed by atoms with Crippen molar-refractivity contribution in [2.24, 2.45) is 17.8 Å². The highest BCUT2D eigenvalue weighted by molar-refractivity contribution is 6.58. The third-order valence-electron chi connectivity index (χ3n) is 9.51. The number of hydrogen-bond acceptors (Lipinski definition) is 6. The van der Waals surface area contributed by atoms with Crippen LogP contribution in [0, 0.1) is 46.8 Å². The van der Waals surface area contributed by atoms with Gasteiger partial charge >= 0.3 is 0 Å². The Morgan fingerprint density at radius 3 is 2.09 bits per heavy atom. The molecular formula is C32H27Cl2F5N2O6. The lowest BCUT2D eigenvalue weighted by Gasteiger charge is -2.50. The van der Waals surface area contributed by atoms with Gasteiger partial charge in [-0.2, -0.15) is 0 Å². The first-order valence-corrected chi connectivity index (χ1v) is 15.4. The van der Waals surface area contributed by atoms with E-state index in [0.29, 0.717) is 5.57 Å². The standard InChI is InChI=1S/C32H27Cl2F5N2O6/c1-5-47-17-10-12(6-9-16(17)42)19-13-7-8-14-18(27(44)41(26(14)43)30(2,3)4)15(13)11-31(33)28(45)40(29(46)32(19,31)34)25-23(38)21(36)20(35)22(37)24(25)39/h6-7,9-10,14-15,18-19,42H,5,8,11H2,1-4H3/t14-,15+,18-,19-,31+,32-/m0/s1. The smallest absolute Gasteiger partial charge is 0.258 e. The van der Waals surface area contributed by atoms with E-state index in [-0.39, 0.29) is 35.0 Å². The Morgan fingerprint density at radius 2 is 1.51 bits per heavy atom. The van der Waals surface area contributed by atoms with Crippen molar-refractivity contribution >= 4 is 52.5 Å². The maximum atomic E-state index is 15.2. The minimum Gasteiger partial charge on any atom is -0.504 e. The van der Waals surface area contributed by atoms with E-state index in [4.69, 9.17) is 27.9 Å². The van der Waals surface area contributed by atoms with Crippen molar-refractivity contribution in [3.05, 3.63) is 64.5 Å². The zero-order chi connectivity index (χ0) is 34.7. The minimum absolute atomic E-state index is 0.0201. The molecule has 47 heavy (non-hydrogen) atoms. The number of ether oxygens (including phenoxy) is 1. The Morgan fingerprint density at radius 1 is 0.915 bits per heavy atom. The maximum Gasteiger partial charge on any atom is 0.258 e. The molecule has 8 nitrogen and oxygen atoms in total. The molecule has 0 bridgehead atoms. The predicted molar refractivity (Wildman–Crippen MR) is 157 cm³/mol. The Bertz CT molecular complexity index is 1800. The third kappa shape index (κ3) is 4.24. The molecule has 15 heteroatoms. The number of phenols is 1. The Labute approximate surface area is 275 Å². The number of halogens is 7. The number of nitrogens with zero attached hydrogens (tertiary/aromatic N) is 2. The second kappa shape index (κ2) is 10.6. The number of allylic oxidation sites excluding steroid dienone is 2. The van der Waals surface area contributed by atoms with E-state index in [1.807, 2.05) is 0 Å². The fraction of sp³-hybridized carbons (Fsp3) is 0.438. The number of alkyl halides is 2. The Hall–Kier alpha value is -3.71. The summed E-state index contributed by atoms with van der Waals surface area (Å²) in [5.74, 6) is -21.3. The molecule has 0 aromatic heterocycles. The molecule has 2 heterocycles. The number of fused-ring (bicyclic) bond motifs is 4. The van der Waals surface area contributed by atoms with E-state index in [9.17, 15) is 37.5 Å². The average Bonchev–Trinajstić information content (AvgIpc) is 3.35. The molecule has 6 atom stereocenters. The zero-order valence-corrected chi connectivity index (χ0v) is 26.8. The van der Waals surface area contributed by atoms with Crippen LogP contribution in [-0.4, -0.2) is 55.5 Å². The lowest BCUT2D eigenvalue weighted by molar-refractivity contribution is -0.145. The lowest BCUT2D eigenvalue weighted by Crippen LogP contribution is -2.60. The van der Waals surface area contributed by atoms with Gasteiger partial charge in [-0.3, -0.25) is 24.1 Å². The minimum atomic E-state index is -2.67. The number of aromatic hydroxyl groups is 1. The van der Waals surface area contributed by atoms with E-state index in [1.165, 1.54) is 18.2 Å². The number of hydrogen-bond donors (Lipinski definition) is 1. The topological polar surface area (TPSA) is 104 Å². The predicted octanol–water partition coefficient (Wildman–Crippen LogP) is 5.85. The summed E-state index contributed by atoms with van der Waals surface area (Å²) in [6.45, 7) is 6.71. The van der Waals surface area contributed by atoms with Gasteiger partial charge < -0.3 is 9.84 Å². The van der Waals surface area contributed by atoms with E-state index in [1.54, 1.807) is 33.8 Å². The number of imide groups is 2. The van der Waals surface area contributed by atoms with Gasteiger partial charge in [-0.05, 0) is 64.2 Å². The van der Waals surface area contributed by atoms with Crippen LogP contribution in [0.1, 0.15) is 52.0 Å². The number of amides is 4. The van der Waals surface area contributed by atoms with Crippen LogP contribution in [0.15, 0.2) is 29.8 Å². The monoisotopic (exact) mass is 700 g/mol. The summed E-state index contributed by atoms with van der Waals surface area (Å²) in [4.78, 5) is 51.6. The van der Waals surface area contributed by atoms with Crippen LogP contribution < -0.4 is 9.64 Å². The Balaban J connectivity index is 1.61. The molecule has 2 aliphatic carbocycles. The van der Waals surface area contributed by atoms with E-state index in [2.05, 4.69) is 0 Å². The summed E-state index contributed by atoms with van der Waals surface area (Å²) < 4.78 is 78.5. The van der Waals surface area contributed by atoms with Gasteiger partial charge in [0.1, 0.15) is 5.69 Å². The molecule has 6 rings (SSSR count). The quantitative estimate of drug-likeness (QED) is 0.107. The highest BCUT2D eigenvalue weighted by Crippen LogP contribution is 2.66. The summed E-state index contributed by atoms with van der Waals surface area (Å²) in [7, 11) is 0. The SMILES string of the molecule is CCOc1cc([C@H]2C3=CC[C@@H]4C(=O)N(C(C)(C)C)C(=O)[C@@H]4[C@@H]3C[C@@]3(Cl)C(=O)N(c4c(F)c(F)c(F)c(F)c4F)C(=O)[C@@]23Cl)ccc1O. The molecule has 0 spiro atoms. The van der Waals surface area contributed by atoms with Crippen molar-refractivity contribution in [1.29, 1.82) is 0 Å². The molecule has 3 fully saturated rings.